The fourth-order valence-electron chi connectivity index (χ4n) is 8.64. The highest BCUT2D eigenvalue weighted by Gasteiger charge is 2.46. The number of amides is 8. The van der Waals surface area contributed by atoms with Crippen molar-refractivity contribution in [2.24, 2.45) is 0 Å². The summed E-state index contributed by atoms with van der Waals surface area (Å²) in [6.07, 6.45) is 4.15. The molecule has 392 valence electrons. The van der Waals surface area contributed by atoms with Crippen LogP contribution in [0.2, 0.25) is 0 Å². The van der Waals surface area contributed by atoms with E-state index in [1.54, 1.807) is 11.3 Å². The number of aromatic nitrogens is 2. The van der Waals surface area contributed by atoms with Crippen LogP contribution in [0.3, 0.4) is 0 Å². The number of piperidine rings is 1. The number of carbonyl (C=O) groups excluding carboxylic acids is 8. The molecule has 8 amide bonds. The van der Waals surface area contributed by atoms with Crippen molar-refractivity contribution < 1.29 is 62.0 Å². The van der Waals surface area contributed by atoms with Gasteiger partial charge in [-0.15, -0.1) is 0 Å². The molecule has 0 radical (unpaired) electrons. The Morgan fingerprint density at radius 3 is 2.22 bits per heavy atom. The van der Waals surface area contributed by atoms with Crippen molar-refractivity contribution >= 4 is 80.0 Å². The second-order valence-corrected chi connectivity index (χ2v) is 18.6. The van der Waals surface area contributed by atoms with E-state index in [0.29, 0.717) is 91.7 Å². The van der Waals surface area contributed by atoms with E-state index in [1.165, 1.54) is 18.2 Å². The number of hydrogen-bond donors (Lipinski definition) is 4. The van der Waals surface area contributed by atoms with E-state index >= 15 is 0 Å². The van der Waals surface area contributed by atoms with Crippen LogP contribution in [0.25, 0.3) is 26.4 Å². The number of nitrogens with one attached hydrogen (secondary N) is 4. The van der Waals surface area contributed by atoms with Crippen LogP contribution in [0.4, 0.5) is 5.69 Å². The monoisotopic (exact) mass is 1040 g/mol. The van der Waals surface area contributed by atoms with E-state index in [-0.39, 0.29) is 54.4 Å². The van der Waals surface area contributed by atoms with E-state index in [0.717, 1.165) is 62.4 Å². The number of fused-ring (bicyclic) bond motifs is 4. The van der Waals surface area contributed by atoms with Gasteiger partial charge in [-0.05, 0) is 61.7 Å². The number of carbonyl (C=O) groups is 8. The summed E-state index contributed by atoms with van der Waals surface area (Å²) in [4.78, 5) is 109. The summed E-state index contributed by atoms with van der Waals surface area (Å²) in [5, 5.41) is 10.4. The zero-order valence-electron chi connectivity index (χ0n) is 40.8. The van der Waals surface area contributed by atoms with Gasteiger partial charge in [-0.3, -0.25) is 57.9 Å². The molecule has 0 spiro atoms. The first-order chi connectivity index (χ1) is 36.1. The maximum Gasteiger partial charge on any atom is 0.266 e. The summed E-state index contributed by atoms with van der Waals surface area (Å²) >= 11 is 1.59. The van der Waals surface area contributed by atoms with Gasteiger partial charge in [-0.2, -0.15) is 0 Å². The third-order valence-electron chi connectivity index (χ3n) is 12.5. The molecule has 1 atom stereocenters. The third kappa shape index (κ3) is 13.8. The van der Waals surface area contributed by atoms with E-state index < -0.39 is 42.2 Å². The lowest BCUT2D eigenvalue weighted by Gasteiger charge is -2.34. The minimum Gasteiger partial charge on any atom is -0.492 e. The predicted molar refractivity (Wildman–Crippen MR) is 270 cm³/mol. The van der Waals surface area contributed by atoms with Gasteiger partial charge in [0.25, 0.3) is 17.7 Å². The smallest absolute Gasteiger partial charge is 0.266 e. The van der Waals surface area contributed by atoms with Gasteiger partial charge in [0.1, 0.15) is 24.1 Å². The summed E-state index contributed by atoms with van der Waals surface area (Å²) in [6.45, 7) is 6.60. The van der Waals surface area contributed by atoms with Crippen LogP contribution >= 0.6 is 11.3 Å². The lowest BCUT2D eigenvalue weighted by atomic mass is 10.0. The van der Waals surface area contributed by atoms with Gasteiger partial charge in [0.2, 0.25) is 30.0 Å². The Morgan fingerprint density at radius 1 is 0.784 bits per heavy atom. The fourth-order valence-corrected chi connectivity index (χ4v) is 9.68. The zero-order chi connectivity index (χ0) is 51.8. The number of imide groups is 2. The molecule has 22 nitrogen and oxygen atoms in total. The first-order valence-electron chi connectivity index (χ1n) is 24.7. The van der Waals surface area contributed by atoms with E-state index in [4.69, 9.17) is 28.7 Å². The number of thiazole rings is 1. The second kappa shape index (κ2) is 26.1. The summed E-state index contributed by atoms with van der Waals surface area (Å²) in [6, 6.07) is 16.9. The first-order valence-corrected chi connectivity index (χ1v) is 25.5. The Balaban J connectivity index is 0.586. The number of rotatable bonds is 28. The molecule has 2 saturated heterocycles. The number of ether oxygens (including phenoxy) is 5. The Kier molecular flexibility index (Phi) is 18.7. The normalized spacial score (nSPS) is 15.9. The van der Waals surface area contributed by atoms with Crippen molar-refractivity contribution in [3.05, 3.63) is 78.0 Å². The van der Waals surface area contributed by atoms with Gasteiger partial charge >= 0.3 is 0 Å². The molecule has 0 aliphatic carbocycles. The standard InChI is InChI=1S/C51H59N9O13S/c61-33-54-35-8-6-34(7-9-35)38-31-59-39-11-10-36(30-42(39)74-51(59)55-38)72-25-22-57-18-20-58(21-19-57)46(65)15-14-43(62)52-16-2-23-69-26-28-71-29-27-70-24-3-17-53-45(64)32-73-41-5-1-4-37-47(41)50(68)60(49(37)67)40-12-13-44(63)56-48(40)66/h1,4-11,30-31,33,40H,2-3,12-29,32H2,(H,52,62)(H,53,64)(H,54,61)(H,56,63,66). The molecule has 74 heavy (non-hydrogen) atoms. The summed E-state index contributed by atoms with van der Waals surface area (Å²) in [7, 11) is 0. The number of anilines is 1. The fraction of sp³-hybridized carbons (Fsp3) is 0.431. The van der Waals surface area contributed by atoms with Gasteiger partial charge in [0.05, 0.1) is 53.5 Å². The zero-order valence-corrected chi connectivity index (χ0v) is 41.6. The highest BCUT2D eigenvalue weighted by molar-refractivity contribution is 7.23. The average Bonchev–Trinajstić information content (AvgIpc) is 4.05. The molecule has 23 heteroatoms. The van der Waals surface area contributed by atoms with Crippen molar-refractivity contribution in [3.63, 3.8) is 0 Å². The molecule has 0 saturated carbocycles. The highest BCUT2D eigenvalue weighted by atomic mass is 32.1. The van der Waals surface area contributed by atoms with Gasteiger partial charge < -0.3 is 44.5 Å². The third-order valence-corrected chi connectivity index (χ3v) is 13.6. The van der Waals surface area contributed by atoms with Gasteiger partial charge in [-0.25, -0.2) is 4.98 Å². The molecule has 8 rings (SSSR count). The Bertz CT molecular complexity index is 2830. The summed E-state index contributed by atoms with van der Waals surface area (Å²) < 4.78 is 31.5. The largest absolute Gasteiger partial charge is 0.492 e. The molecule has 3 aliphatic heterocycles. The molecular formula is C51H59N9O13S. The van der Waals surface area contributed by atoms with Gasteiger partial charge in [0, 0.05) is 95.7 Å². The quantitative estimate of drug-likeness (QED) is 0.0319. The Morgan fingerprint density at radius 2 is 1.50 bits per heavy atom. The number of imidazole rings is 1. The van der Waals surface area contributed by atoms with Crippen molar-refractivity contribution in [1.29, 1.82) is 0 Å². The molecule has 3 aliphatic rings. The molecule has 5 heterocycles. The molecular weight excluding hydrogens is 979 g/mol. The maximum atomic E-state index is 13.2. The van der Waals surface area contributed by atoms with Crippen molar-refractivity contribution in [2.45, 2.75) is 44.6 Å². The van der Waals surface area contributed by atoms with E-state index in [2.05, 4.69) is 30.6 Å². The van der Waals surface area contributed by atoms with Crippen LogP contribution in [-0.4, -0.2) is 177 Å². The number of benzene rings is 3. The minimum absolute atomic E-state index is 0.00394. The molecule has 5 aromatic rings. The Hall–Kier alpha value is -7.31. The molecule has 1 unspecified atom stereocenters. The van der Waals surface area contributed by atoms with Crippen molar-refractivity contribution in [3.8, 4) is 22.8 Å². The van der Waals surface area contributed by atoms with E-state index in [9.17, 15) is 38.4 Å². The molecule has 2 fully saturated rings. The maximum absolute atomic E-state index is 13.2. The van der Waals surface area contributed by atoms with E-state index in [1.807, 2.05) is 53.6 Å². The number of nitrogens with zero attached hydrogens (tertiary/aromatic N) is 5. The molecule has 0 bridgehead atoms. The topological polar surface area (TPSA) is 258 Å². The van der Waals surface area contributed by atoms with Crippen LogP contribution in [-0.2, 0) is 43.0 Å². The summed E-state index contributed by atoms with van der Waals surface area (Å²) in [5.74, 6) is -2.36. The van der Waals surface area contributed by atoms with Crippen LogP contribution in [0.1, 0.15) is 59.2 Å². The van der Waals surface area contributed by atoms with Crippen LogP contribution in [0.5, 0.6) is 11.5 Å². The molecule has 2 aromatic heterocycles. The molecule has 3 aromatic carbocycles. The van der Waals surface area contributed by atoms with Crippen molar-refractivity contribution in [2.75, 3.05) is 104 Å². The first kappa shape index (κ1) is 53.0. The highest BCUT2D eigenvalue weighted by Crippen LogP contribution is 2.34. The molecule has 4 N–H and O–H groups in total. The lowest BCUT2D eigenvalue weighted by Crippen LogP contribution is -2.54. The number of piperazine rings is 1. The number of hydrogen-bond acceptors (Lipinski definition) is 16. The van der Waals surface area contributed by atoms with Crippen LogP contribution in [0.15, 0.2) is 66.9 Å². The van der Waals surface area contributed by atoms with Crippen molar-refractivity contribution in [1.82, 2.24) is 40.0 Å². The SMILES string of the molecule is O=CNc1ccc(-c2cn3c(n2)sc2cc(OCCN4CCN(C(=O)CCC(=O)NCCCOCCOCCOCCCNC(=O)COc5cccc6c5C(=O)N(C5CCC(=O)NC5=O)C6=O)CC4)ccc23)cc1. The van der Waals surface area contributed by atoms with Crippen LogP contribution in [0, 0.1) is 0 Å². The van der Waals surface area contributed by atoms with Gasteiger partial charge in [0.15, 0.2) is 11.6 Å². The van der Waals surface area contributed by atoms with Gasteiger partial charge in [-0.1, -0.05) is 29.5 Å². The predicted octanol–water partition coefficient (Wildman–Crippen LogP) is 2.63. The Labute approximate surface area is 429 Å². The lowest BCUT2D eigenvalue weighted by molar-refractivity contribution is -0.136. The summed E-state index contributed by atoms with van der Waals surface area (Å²) in [5.41, 5.74) is 3.62. The van der Waals surface area contributed by atoms with Crippen LogP contribution < -0.4 is 30.7 Å². The average molecular weight is 1040 g/mol. The minimum atomic E-state index is -1.11. The second-order valence-electron chi connectivity index (χ2n) is 17.6.